The SMILES string of the molecule is CN=C(NCc1ccc(CN2CC(C)OC(C)C2)cc1)NCc1ccc(OC)cc1OC.I. The van der Waals surface area contributed by atoms with Gasteiger partial charge in [0.25, 0.3) is 0 Å². The van der Waals surface area contributed by atoms with Gasteiger partial charge in [-0.05, 0) is 37.1 Å². The van der Waals surface area contributed by atoms with Crippen LogP contribution >= 0.6 is 24.0 Å². The number of hydrogen-bond donors (Lipinski definition) is 2. The van der Waals surface area contributed by atoms with Crippen molar-refractivity contribution in [2.75, 3.05) is 34.4 Å². The number of methoxy groups -OCH3 is 2. The molecule has 3 rings (SSSR count). The summed E-state index contributed by atoms with van der Waals surface area (Å²) in [6.45, 7) is 8.50. The van der Waals surface area contributed by atoms with Crippen LogP contribution in [0.3, 0.4) is 0 Å². The molecular weight excluding hydrogens is 531 g/mol. The third-order valence-electron chi connectivity index (χ3n) is 5.55. The van der Waals surface area contributed by atoms with E-state index in [2.05, 4.69) is 58.6 Å². The molecule has 1 aliphatic heterocycles. The number of benzene rings is 2. The molecule has 1 aliphatic rings. The summed E-state index contributed by atoms with van der Waals surface area (Å²) in [4.78, 5) is 6.79. The van der Waals surface area contributed by atoms with E-state index in [1.807, 2.05) is 18.2 Å². The zero-order valence-electron chi connectivity index (χ0n) is 20.3. The maximum atomic E-state index is 5.83. The van der Waals surface area contributed by atoms with E-state index in [0.717, 1.165) is 42.7 Å². The average Bonchev–Trinajstić information content (AvgIpc) is 2.79. The molecule has 0 aromatic heterocycles. The molecule has 2 unspecified atom stereocenters. The lowest BCUT2D eigenvalue weighted by atomic mass is 10.1. The minimum absolute atomic E-state index is 0. The minimum Gasteiger partial charge on any atom is -0.497 e. The topological polar surface area (TPSA) is 67.4 Å². The van der Waals surface area contributed by atoms with E-state index in [-0.39, 0.29) is 24.0 Å². The molecular formula is C25H37IN4O3. The Kier molecular flexibility index (Phi) is 11.2. The van der Waals surface area contributed by atoms with Crippen LogP contribution < -0.4 is 20.1 Å². The minimum atomic E-state index is 0. The number of halogens is 1. The highest BCUT2D eigenvalue weighted by molar-refractivity contribution is 14.0. The van der Waals surface area contributed by atoms with Gasteiger partial charge in [0.1, 0.15) is 11.5 Å². The van der Waals surface area contributed by atoms with E-state index in [1.54, 1.807) is 21.3 Å². The summed E-state index contributed by atoms with van der Waals surface area (Å²) in [7, 11) is 5.08. The Labute approximate surface area is 214 Å². The molecule has 1 heterocycles. The third-order valence-corrected chi connectivity index (χ3v) is 5.55. The Hall–Kier alpha value is -2.04. The molecule has 33 heavy (non-hydrogen) atoms. The fourth-order valence-electron chi connectivity index (χ4n) is 4.02. The van der Waals surface area contributed by atoms with Crippen LogP contribution in [0.5, 0.6) is 11.5 Å². The van der Waals surface area contributed by atoms with Crippen LogP contribution in [-0.2, 0) is 24.4 Å². The summed E-state index contributed by atoms with van der Waals surface area (Å²) in [6, 6.07) is 14.6. The van der Waals surface area contributed by atoms with Crippen LogP contribution in [0.1, 0.15) is 30.5 Å². The van der Waals surface area contributed by atoms with Crippen molar-refractivity contribution in [1.29, 1.82) is 0 Å². The van der Waals surface area contributed by atoms with E-state index in [1.165, 1.54) is 11.1 Å². The van der Waals surface area contributed by atoms with Crippen molar-refractivity contribution < 1.29 is 14.2 Å². The highest BCUT2D eigenvalue weighted by Gasteiger charge is 2.21. The maximum absolute atomic E-state index is 5.83. The first-order chi connectivity index (χ1) is 15.5. The second-order valence-corrected chi connectivity index (χ2v) is 8.22. The van der Waals surface area contributed by atoms with E-state index in [0.29, 0.717) is 25.3 Å². The zero-order chi connectivity index (χ0) is 22.9. The van der Waals surface area contributed by atoms with Crippen LogP contribution in [-0.4, -0.2) is 57.4 Å². The smallest absolute Gasteiger partial charge is 0.191 e. The first-order valence-corrected chi connectivity index (χ1v) is 11.1. The van der Waals surface area contributed by atoms with Crippen LogP contribution in [0.2, 0.25) is 0 Å². The normalized spacial score (nSPS) is 18.9. The predicted molar refractivity (Wildman–Crippen MR) is 144 cm³/mol. The van der Waals surface area contributed by atoms with Crippen LogP contribution in [0.25, 0.3) is 0 Å². The summed E-state index contributed by atoms with van der Waals surface area (Å²) in [5, 5.41) is 6.72. The fourth-order valence-corrected chi connectivity index (χ4v) is 4.02. The lowest BCUT2D eigenvalue weighted by Gasteiger charge is -2.35. The number of guanidine groups is 1. The van der Waals surface area contributed by atoms with E-state index < -0.39 is 0 Å². The lowest BCUT2D eigenvalue weighted by molar-refractivity contribution is -0.0704. The van der Waals surface area contributed by atoms with Crippen LogP contribution in [0.4, 0.5) is 0 Å². The first-order valence-electron chi connectivity index (χ1n) is 11.1. The van der Waals surface area contributed by atoms with Gasteiger partial charge in [0, 0.05) is 51.4 Å². The first kappa shape index (κ1) is 27.2. The molecule has 0 spiro atoms. The van der Waals surface area contributed by atoms with Gasteiger partial charge in [0.05, 0.1) is 26.4 Å². The van der Waals surface area contributed by atoms with E-state index in [4.69, 9.17) is 14.2 Å². The van der Waals surface area contributed by atoms with Crippen molar-refractivity contribution in [2.24, 2.45) is 4.99 Å². The molecule has 2 aromatic rings. The fraction of sp³-hybridized carbons (Fsp3) is 0.480. The molecule has 8 heteroatoms. The van der Waals surface area contributed by atoms with Gasteiger partial charge in [-0.1, -0.05) is 24.3 Å². The molecule has 1 fully saturated rings. The van der Waals surface area contributed by atoms with Gasteiger partial charge in [-0.3, -0.25) is 9.89 Å². The summed E-state index contributed by atoms with van der Waals surface area (Å²) in [5.41, 5.74) is 3.57. The van der Waals surface area contributed by atoms with Gasteiger partial charge in [0.15, 0.2) is 5.96 Å². The Bertz CT molecular complexity index is 882. The third kappa shape index (κ3) is 8.35. The molecule has 2 atom stereocenters. The van der Waals surface area contributed by atoms with Gasteiger partial charge in [-0.2, -0.15) is 0 Å². The van der Waals surface area contributed by atoms with Crippen molar-refractivity contribution in [3.8, 4) is 11.5 Å². The highest BCUT2D eigenvalue weighted by Crippen LogP contribution is 2.24. The molecule has 0 saturated carbocycles. The molecule has 0 amide bonds. The number of ether oxygens (including phenoxy) is 3. The largest absolute Gasteiger partial charge is 0.497 e. The quantitative estimate of drug-likeness (QED) is 0.287. The van der Waals surface area contributed by atoms with Crippen LogP contribution in [0, 0.1) is 0 Å². The van der Waals surface area contributed by atoms with Gasteiger partial charge < -0.3 is 24.8 Å². The average molecular weight is 569 g/mol. The molecule has 1 saturated heterocycles. The Balaban J connectivity index is 0.00000385. The van der Waals surface area contributed by atoms with Crippen molar-refractivity contribution in [3.05, 3.63) is 59.2 Å². The molecule has 0 bridgehead atoms. The lowest BCUT2D eigenvalue weighted by Crippen LogP contribution is -2.44. The maximum Gasteiger partial charge on any atom is 0.191 e. The van der Waals surface area contributed by atoms with Crippen molar-refractivity contribution in [3.63, 3.8) is 0 Å². The Morgan fingerprint density at radius 1 is 0.970 bits per heavy atom. The zero-order valence-corrected chi connectivity index (χ0v) is 22.6. The summed E-state index contributed by atoms with van der Waals surface area (Å²) in [5.74, 6) is 2.30. The molecule has 2 N–H and O–H groups in total. The van der Waals surface area contributed by atoms with Crippen molar-refractivity contribution in [1.82, 2.24) is 15.5 Å². The van der Waals surface area contributed by atoms with E-state index >= 15 is 0 Å². The monoisotopic (exact) mass is 568 g/mol. The summed E-state index contributed by atoms with van der Waals surface area (Å²) >= 11 is 0. The van der Waals surface area contributed by atoms with Gasteiger partial charge in [0.2, 0.25) is 0 Å². The molecule has 2 aromatic carbocycles. The van der Waals surface area contributed by atoms with Gasteiger partial charge in [-0.15, -0.1) is 24.0 Å². The number of aliphatic imine (C=N–C) groups is 1. The van der Waals surface area contributed by atoms with Crippen molar-refractivity contribution in [2.45, 2.75) is 45.7 Å². The number of nitrogens with zero attached hydrogens (tertiary/aromatic N) is 2. The van der Waals surface area contributed by atoms with Crippen LogP contribution in [0.15, 0.2) is 47.5 Å². The second-order valence-electron chi connectivity index (χ2n) is 8.22. The summed E-state index contributed by atoms with van der Waals surface area (Å²) in [6.07, 6.45) is 0.582. The number of morpholine rings is 1. The Morgan fingerprint density at radius 2 is 1.61 bits per heavy atom. The van der Waals surface area contributed by atoms with E-state index in [9.17, 15) is 0 Å². The molecule has 7 nitrogen and oxygen atoms in total. The standard InChI is InChI=1S/C25H36N4O3.HI/c1-18-15-29(16-19(2)32-18)17-21-8-6-20(7-9-21)13-27-25(26-3)28-14-22-10-11-23(30-4)12-24(22)31-5;/h6-12,18-19H,13-17H2,1-5H3,(H2,26,27,28);1H. The molecule has 0 aliphatic carbocycles. The predicted octanol–water partition coefficient (Wildman–Crippen LogP) is 3.80. The molecule has 182 valence electrons. The number of rotatable bonds is 8. The number of hydrogen-bond acceptors (Lipinski definition) is 5. The van der Waals surface area contributed by atoms with Crippen molar-refractivity contribution >= 4 is 29.9 Å². The highest BCUT2D eigenvalue weighted by atomic mass is 127. The number of nitrogens with one attached hydrogen (secondary N) is 2. The second kappa shape index (κ2) is 13.6. The molecule has 0 radical (unpaired) electrons. The summed E-state index contributed by atoms with van der Waals surface area (Å²) < 4.78 is 16.6. The Morgan fingerprint density at radius 3 is 2.21 bits per heavy atom. The van der Waals surface area contributed by atoms with Gasteiger partial charge in [-0.25, -0.2) is 0 Å². The van der Waals surface area contributed by atoms with Gasteiger partial charge >= 0.3 is 0 Å².